The molecule has 3 aromatic rings. The Labute approximate surface area is 146 Å². The highest BCUT2D eigenvalue weighted by Crippen LogP contribution is 2.26. The van der Waals surface area contributed by atoms with E-state index in [0.29, 0.717) is 22.9 Å². The first kappa shape index (κ1) is 17.2. The van der Waals surface area contributed by atoms with Gasteiger partial charge in [0.15, 0.2) is 16.8 Å². The standard InChI is InChI=1S/C17H15F2N3O2S/c1-22(8-12-3-2-6-24-12)9-16(23)21-17-20-15(10-25-17)11-4-5-13(18)14(19)7-11/h2-7,10H,8-9H2,1H3,(H,20,21,23). The Morgan fingerprint density at radius 1 is 1.32 bits per heavy atom. The average Bonchev–Trinajstić information content (AvgIpc) is 3.21. The van der Waals surface area contributed by atoms with Gasteiger partial charge in [-0.2, -0.15) is 0 Å². The summed E-state index contributed by atoms with van der Waals surface area (Å²) in [6, 6.07) is 7.19. The summed E-state index contributed by atoms with van der Waals surface area (Å²) in [6.45, 7) is 0.680. The molecule has 0 aliphatic heterocycles. The van der Waals surface area contributed by atoms with E-state index in [9.17, 15) is 13.6 Å². The summed E-state index contributed by atoms with van der Waals surface area (Å²) in [5.74, 6) is -1.30. The van der Waals surface area contributed by atoms with Gasteiger partial charge in [0.25, 0.3) is 0 Å². The number of carbonyl (C=O) groups excluding carboxylic acids is 1. The normalized spacial score (nSPS) is 11.0. The number of rotatable bonds is 6. The highest BCUT2D eigenvalue weighted by atomic mass is 32.1. The number of benzene rings is 1. The monoisotopic (exact) mass is 363 g/mol. The second-order valence-electron chi connectivity index (χ2n) is 5.47. The molecule has 0 aliphatic carbocycles. The van der Waals surface area contributed by atoms with Gasteiger partial charge in [0.1, 0.15) is 5.76 Å². The number of thiazole rings is 1. The molecule has 1 aromatic carbocycles. The quantitative estimate of drug-likeness (QED) is 0.725. The SMILES string of the molecule is CN(CC(=O)Nc1nc(-c2ccc(F)c(F)c2)cs1)Cc1ccco1. The molecule has 25 heavy (non-hydrogen) atoms. The number of amides is 1. The van der Waals surface area contributed by atoms with Crippen LogP contribution >= 0.6 is 11.3 Å². The third-order valence-corrected chi connectivity index (χ3v) is 4.14. The van der Waals surface area contributed by atoms with Crippen LogP contribution in [-0.2, 0) is 11.3 Å². The van der Waals surface area contributed by atoms with Crippen molar-refractivity contribution in [1.29, 1.82) is 0 Å². The van der Waals surface area contributed by atoms with Gasteiger partial charge in [-0.25, -0.2) is 13.8 Å². The minimum absolute atomic E-state index is 0.167. The molecular weight excluding hydrogens is 348 g/mol. The Kier molecular flexibility index (Phi) is 5.20. The maximum atomic E-state index is 13.3. The van der Waals surface area contributed by atoms with Crippen molar-refractivity contribution in [2.75, 3.05) is 18.9 Å². The summed E-state index contributed by atoms with van der Waals surface area (Å²) < 4.78 is 31.5. The van der Waals surface area contributed by atoms with E-state index in [-0.39, 0.29) is 12.5 Å². The molecule has 1 amide bonds. The third kappa shape index (κ3) is 4.49. The van der Waals surface area contributed by atoms with Crippen molar-refractivity contribution in [3.8, 4) is 11.3 Å². The van der Waals surface area contributed by atoms with Crippen LogP contribution in [-0.4, -0.2) is 29.4 Å². The van der Waals surface area contributed by atoms with E-state index < -0.39 is 11.6 Å². The Morgan fingerprint density at radius 3 is 2.88 bits per heavy atom. The second kappa shape index (κ2) is 7.54. The van der Waals surface area contributed by atoms with Crippen molar-refractivity contribution in [3.63, 3.8) is 0 Å². The molecule has 2 heterocycles. The van der Waals surface area contributed by atoms with Gasteiger partial charge >= 0.3 is 0 Å². The summed E-state index contributed by atoms with van der Waals surface area (Å²) in [6.07, 6.45) is 1.58. The molecule has 0 unspecified atom stereocenters. The molecule has 0 atom stereocenters. The van der Waals surface area contributed by atoms with Crippen LogP contribution < -0.4 is 5.32 Å². The lowest BCUT2D eigenvalue weighted by molar-refractivity contribution is -0.117. The van der Waals surface area contributed by atoms with Crippen LogP contribution in [0.4, 0.5) is 13.9 Å². The average molecular weight is 363 g/mol. The summed E-state index contributed by atoms with van der Waals surface area (Å²) in [5.41, 5.74) is 0.925. The van der Waals surface area contributed by atoms with Crippen molar-refractivity contribution in [1.82, 2.24) is 9.88 Å². The molecule has 0 aliphatic rings. The van der Waals surface area contributed by atoms with Gasteiger partial charge in [-0.3, -0.25) is 9.69 Å². The van der Waals surface area contributed by atoms with E-state index in [1.807, 2.05) is 6.07 Å². The lowest BCUT2D eigenvalue weighted by Crippen LogP contribution is -2.29. The predicted octanol–water partition coefficient (Wildman–Crippen LogP) is 3.75. The van der Waals surface area contributed by atoms with Crippen LogP contribution in [0, 0.1) is 11.6 Å². The molecule has 0 saturated carbocycles. The molecule has 130 valence electrons. The molecule has 0 saturated heterocycles. The number of halogens is 2. The summed E-state index contributed by atoms with van der Waals surface area (Å²) in [7, 11) is 1.80. The van der Waals surface area contributed by atoms with E-state index in [2.05, 4.69) is 10.3 Å². The van der Waals surface area contributed by atoms with Crippen molar-refractivity contribution in [2.24, 2.45) is 0 Å². The van der Waals surface area contributed by atoms with E-state index in [1.54, 1.807) is 29.7 Å². The molecule has 5 nitrogen and oxygen atoms in total. The molecule has 3 rings (SSSR count). The maximum absolute atomic E-state index is 13.3. The highest BCUT2D eigenvalue weighted by Gasteiger charge is 2.12. The Bertz CT molecular complexity index is 865. The van der Waals surface area contributed by atoms with Gasteiger partial charge < -0.3 is 9.73 Å². The number of hydrogen-bond acceptors (Lipinski definition) is 5. The molecule has 0 fully saturated rings. The zero-order chi connectivity index (χ0) is 17.8. The second-order valence-corrected chi connectivity index (χ2v) is 6.32. The topological polar surface area (TPSA) is 58.4 Å². The Morgan fingerprint density at radius 2 is 2.16 bits per heavy atom. The van der Waals surface area contributed by atoms with Gasteiger partial charge in [-0.05, 0) is 37.4 Å². The minimum Gasteiger partial charge on any atom is -0.468 e. The van der Waals surface area contributed by atoms with Crippen LogP contribution in [0.2, 0.25) is 0 Å². The zero-order valence-electron chi connectivity index (χ0n) is 13.3. The number of anilines is 1. The minimum atomic E-state index is -0.935. The van der Waals surface area contributed by atoms with Gasteiger partial charge in [0, 0.05) is 10.9 Å². The van der Waals surface area contributed by atoms with Crippen molar-refractivity contribution in [2.45, 2.75) is 6.54 Å². The lowest BCUT2D eigenvalue weighted by Gasteiger charge is -2.13. The van der Waals surface area contributed by atoms with Crippen LogP contribution in [0.1, 0.15) is 5.76 Å². The van der Waals surface area contributed by atoms with E-state index in [0.717, 1.165) is 17.9 Å². The number of nitrogens with one attached hydrogen (secondary N) is 1. The number of carbonyl (C=O) groups is 1. The third-order valence-electron chi connectivity index (χ3n) is 3.39. The van der Waals surface area contributed by atoms with Gasteiger partial charge in [0.2, 0.25) is 5.91 Å². The predicted molar refractivity (Wildman–Crippen MR) is 91.1 cm³/mol. The van der Waals surface area contributed by atoms with Crippen LogP contribution in [0.25, 0.3) is 11.3 Å². The van der Waals surface area contributed by atoms with Gasteiger partial charge in [0.05, 0.1) is 25.0 Å². The Balaban J connectivity index is 1.58. The van der Waals surface area contributed by atoms with Crippen LogP contribution in [0.5, 0.6) is 0 Å². The lowest BCUT2D eigenvalue weighted by atomic mass is 10.2. The van der Waals surface area contributed by atoms with Gasteiger partial charge in [-0.1, -0.05) is 0 Å². The highest BCUT2D eigenvalue weighted by molar-refractivity contribution is 7.14. The summed E-state index contributed by atoms with van der Waals surface area (Å²) in [4.78, 5) is 18.1. The molecule has 0 spiro atoms. The number of hydrogen-bond donors (Lipinski definition) is 1. The molecule has 1 N–H and O–H groups in total. The van der Waals surface area contributed by atoms with Crippen molar-refractivity contribution < 1.29 is 18.0 Å². The van der Waals surface area contributed by atoms with E-state index in [1.165, 1.54) is 17.4 Å². The first-order chi connectivity index (χ1) is 12.0. The van der Waals surface area contributed by atoms with Crippen LogP contribution in [0.3, 0.4) is 0 Å². The fourth-order valence-corrected chi connectivity index (χ4v) is 2.98. The first-order valence-corrected chi connectivity index (χ1v) is 8.31. The molecule has 0 bridgehead atoms. The first-order valence-electron chi connectivity index (χ1n) is 7.43. The molecule has 2 aromatic heterocycles. The van der Waals surface area contributed by atoms with E-state index in [4.69, 9.17) is 4.42 Å². The molecule has 8 heteroatoms. The fourth-order valence-electron chi connectivity index (χ4n) is 2.25. The van der Waals surface area contributed by atoms with Crippen LogP contribution in [0.15, 0.2) is 46.4 Å². The number of nitrogens with zero attached hydrogens (tertiary/aromatic N) is 2. The summed E-state index contributed by atoms with van der Waals surface area (Å²) in [5, 5.41) is 4.77. The summed E-state index contributed by atoms with van der Waals surface area (Å²) >= 11 is 1.22. The van der Waals surface area contributed by atoms with Crippen molar-refractivity contribution >= 4 is 22.4 Å². The largest absolute Gasteiger partial charge is 0.468 e. The van der Waals surface area contributed by atoms with Gasteiger partial charge in [-0.15, -0.1) is 11.3 Å². The maximum Gasteiger partial charge on any atom is 0.240 e. The zero-order valence-corrected chi connectivity index (χ0v) is 14.1. The van der Waals surface area contributed by atoms with Crippen molar-refractivity contribution in [3.05, 3.63) is 59.4 Å². The smallest absolute Gasteiger partial charge is 0.240 e. The number of aromatic nitrogens is 1. The molecule has 0 radical (unpaired) electrons. The Hall–Kier alpha value is -2.58. The fraction of sp³-hybridized carbons (Fsp3) is 0.176. The number of likely N-dealkylation sites (N-methyl/N-ethyl adjacent to an activating group) is 1. The molecular formula is C17H15F2N3O2S. The van der Waals surface area contributed by atoms with E-state index >= 15 is 0 Å². The number of furan rings is 1.